The maximum atomic E-state index is 12.5. The predicted octanol–water partition coefficient (Wildman–Crippen LogP) is 3.41. The third-order valence-electron chi connectivity index (χ3n) is 3.66. The largest absolute Gasteiger partial charge is 0.349 e. The first kappa shape index (κ1) is 15.0. The number of nitrogens with zero attached hydrogens (tertiary/aromatic N) is 1. The van der Waals surface area contributed by atoms with Gasteiger partial charge in [-0.15, -0.1) is 0 Å². The van der Waals surface area contributed by atoms with E-state index in [9.17, 15) is 14.9 Å². The van der Waals surface area contributed by atoms with E-state index in [2.05, 4.69) is 5.32 Å². The van der Waals surface area contributed by atoms with Crippen LogP contribution in [-0.2, 0) is 4.79 Å². The minimum atomic E-state index is -0.439. The van der Waals surface area contributed by atoms with Crippen molar-refractivity contribution in [2.45, 2.75) is 18.9 Å². The van der Waals surface area contributed by atoms with Gasteiger partial charge in [0, 0.05) is 23.7 Å². The van der Waals surface area contributed by atoms with E-state index in [1.54, 1.807) is 18.2 Å². The minimum Gasteiger partial charge on any atom is -0.349 e. The highest BCUT2D eigenvalue weighted by atomic mass is 16.6. The van der Waals surface area contributed by atoms with E-state index in [-0.39, 0.29) is 17.6 Å². The van der Waals surface area contributed by atoms with Crippen LogP contribution in [0.1, 0.15) is 24.0 Å². The van der Waals surface area contributed by atoms with Gasteiger partial charge in [-0.25, -0.2) is 0 Å². The summed E-state index contributed by atoms with van der Waals surface area (Å²) in [5.41, 5.74) is 2.17. The molecule has 1 saturated carbocycles. The lowest BCUT2D eigenvalue weighted by Crippen LogP contribution is -2.26. The fraction of sp³-hybridized carbons (Fsp3) is 0.167. The molecule has 1 amide bonds. The lowest BCUT2D eigenvalue weighted by Gasteiger charge is -2.09. The zero-order valence-corrected chi connectivity index (χ0v) is 12.4. The Morgan fingerprint density at radius 2 is 1.74 bits per heavy atom. The van der Waals surface area contributed by atoms with Crippen LogP contribution in [0.4, 0.5) is 5.69 Å². The highest BCUT2D eigenvalue weighted by Crippen LogP contribution is 2.24. The summed E-state index contributed by atoms with van der Waals surface area (Å²) in [5.74, 6) is -0.114. The molecular weight excluding hydrogens is 292 g/mol. The molecule has 0 spiro atoms. The number of nitro benzene ring substituents is 1. The normalized spacial score (nSPS) is 14.3. The van der Waals surface area contributed by atoms with Gasteiger partial charge in [-0.1, -0.05) is 30.3 Å². The lowest BCUT2D eigenvalue weighted by atomic mass is 10.0. The first-order valence-electron chi connectivity index (χ1n) is 7.46. The molecule has 0 saturated heterocycles. The summed E-state index contributed by atoms with van der Waals surface area (Å²) < 4.78 is 0. The molecule has 0 unspecified atom stereocenters. The molecule has 1 aliphatic rings. The Morgan fingerprint density at radius 1 is 1.09 bits per heavy atom. The standard InChI is InChI=1S/C18H16N2O3/c21-18(19-15-8-9-15)17(14-4-2-1-3-5-14)12-13-6-10-16(11-7-13)20(22)23/h1-7,10-12,15H,8-9H2,(H,19,21)/b17-12+. The topological polar surface area (TPSA) is 72.2 Å². The Kier molecular flexibility index (Phi) is 4.19. The molecule has 0 aliphatic heterocycles. The molecule has 0 radical (unpaired) electrons. The lowest BCUT2D eigenvalue weighted by molar-refractivity contribution is -0.384. The third-order valence-corrected chi connectivity index (χ3v) is 3.66. The van der Waals surface area contributed by atoms with Gasteiger partial charge in [0.2, 0.25) is 0 Å². The van der Waals surface area contributed by atoms with E-state index in [0.29, 0.717) is 5.57 Å². The number of nitrogens with one attached hydrogen (secondary N) is 1. The second-order valence-corrected chi connectivity index (χ2v) is 5.52. The number of hydrogen-bond acceptors (Lipinski definition) is 3. The summed E-state index contributed by atoms with van der Waals surface area (Å²) in [6, 6.07) is 15.8. The molecule has 116 valence electrons. The Bertz CT molecular complexity index is 748. The quantitative estimate of drug-likeness (QED) is 0.398. The van der Waals surface area contributed by atoms with Crippen molar-refractivity contribution in [3.63, 3.8) is 0 Å². The molecule has 23 heavy (non-hydrogen) atoms. The summed E-state index contributed by atoms with van der Waals surface area (Å²) in [4.78, 5) is 22.8. The van der Waals surface area contributed by atoms with E-state index in [1.807, 2.05) is 30.3 Å². The summed E-state index contributed by atoms with van der Waals surface area (Å²) in [6.45, 7) is 0. The van der Waals surface area contributed by atoms with Gasteiger partial charge in [0.25, 0.3) is 11.6 Å². The predicted molar refractivity (Wildman–Crippen MR) is 88.6 cm³/mol. The van der Waals surface area contributed by atoms with Crippen LogP contribution >= 0.6 is 0 Å². The number of carbonyl (C=O) groups is 1. The first-order valence-corrected chi connectivity index (χ1v) is 7.46. The molecule has 1 aliphatic carbocycles. The molecule has 0 aromatic heterocycles. The van der Waals surface area contributed by atoms with Crippen LogP contribution in [0, 0.1) is 10.1 Å². The number of nitro groups is 1. The highest BCUT2D eigenvalue weighted by molar-refractivity contribution is 6.24. The van der Waals surface area contributed by atoms with Crippen LogP contribution < -0.4 is 5.32 Å². The van der Waals surface area contributed by atoms with Crippen molar-refractivity contribution >= 4 is 23.2 Å². The second kappa shape index (κ2) is 6.44. The Labute approximate surface area is 133 Å². The van der Waals surface area contributed by atoms with Crippen molar-refractivity contribution < 1.29 is 9.72 Å². The van der Waals surface area contributed by atoms with Crippen molar-refractivity contribution in [3.05, 3.63) is 75.8 Å². The fourth-order valence-corrected chi connectivity index (χ4v) is 2.25. The van der Waals surface area contributed by atoms with E-state index < -0.39 is 4.92 Å². The van der Waals surface area contributed by atoms with Gasteiger partial charge in [0.05, 0.1) is 4.92 Å². The summed E-state index contributed by atoms with van der Waals surface area (Å²) in [7, 11) is 0. The maximum Gasteiger partial charge on any atom is 0.269 e. The SMILES string of the molecule is O=C(NC1CC1)/C(=C/c1ccc([N+](=O)[O-])cc1)c1ccccc1. The number of non-ortho nitro benzene ring substituents is 1. The van der Waals surface area contributed by atoms with Crippen LogP contribution in [0.2, 0.25) is 0 Å². The molecule has 0 heterocycles. The van der Waals surface area contributed by atoms with Gasteiger partial charge in [-0.2, -0.15) is 0 Å². The number of carbonyl (C=O) groups excluding carboxylic acids is 1. The maximum absolute atomic E-state index is 12.5. The summed E-state index contributed by atoms with van der Waals surface area (Å²) >= 11 is 0. The minimum absolute atomic E-state index is 0.0332. The smallest absolute Gasteiger partial charge is 0.269 e. The average Bonchev–Trinajstić information content (AvgIpc) is 3.37. The van der Waals surface area contributed by atoms with Crippen LogP contribution in [0.5, 0.6) is 0 Å². The van der Waals surface area contributed by atoms with Crippen molar-refractivity contribution in [1.29, 1.82) is 0 Å². The van der Waals surface area contributed by atoms with Crippen LogP contribution in [0.25, 0.3) is 11.6 Å². The summed E-state index contributed by atoms with van der Waals surface area (Å²) in [6.07, 6.45) is 3.80. The van der Waals surface area contributed by atoms with Crippen LogP contribution in [0.3, 0.4) is 0 Å². The van der Waals surface area contributed by atoms with Gasteiger partial charge in [-0.3, -0.25) is 14.9 Å². The summed E-state index contributed by atoms with van der Waals surface area (Å²) in [5, 5.41) is 13.7. The molecule has 5 nitrogen and oxygen atoms in total. The highest BCUT2D eigenvalue weighted by Gasteiger charge is 2.25. The molecule has 1 N–H and O–H groups in total. The molecule has 3 rings (SSSR count). The van der Waals surface area contributed by atoms with Crippen LogP contribution in [0.15, 0.2) is 54.6 Å². The van der Waals surface area contributed by atoms with Crippen molar-refractivity contribution in [2.75, 3.05) is 0 Å². The molecule has 5 heteroatoms. The zero-order chi connectivity index (χ0) is 16.2. The zero-order valence-electron chi connectivity index (χ0n) is 12.4. The van der Waals surface area contributed by atoms with Crippen molar-refractivity contribution in [2.24, 2.45) is 0 Å². The van der Waals surface area contributed by atoms with Crippen molar-refractivity contribution in [3.8, 4) is 0 Å². The van der Waals surface area contributed by atoms with Crippen molar-refractivity contribution in [1.82, 2.24) is 5.32 Å². The van der Waals surface area contributed by atoms with E-state index >= 15 is 0 Å². The van der Waals surface area contributed by atoms with Gasteiger partial charge in [-0.05, 0) is 42.2 Å². The van der Waals surface area contributed by atoms with Gasteiger partial charge >= 0.3 is 0 Å². The van der Waals surface area contributed by atoms with Crippen LogP contribution in [-0.4, -0.2) is 16.9 Å². The molecule has 1 fully saturated rings. The third kappa shape index (κ3) is 3.83. The van der Waals surface area contributed by atoms with Gasteiger partial charge in [0.1, 0.15) is 0 Å². The Balaban J connectivity index is 1.93. The molecule has 0 atom stereocenters. The van der Waals surface area contributed by atoms with Gasteiger partial charge in [0.15, 0.2) is 0 Å². The number of amides is 1. The van der Waals surface area contributed by atoms with Gasteiger partial charge < -0.3 is 5.32 Å². The van der Waals surface area contributed by atoms with E-state index in [1.165, 1.54) is 12.1 Å². The Hall–Kier alpha value is -2.95. The molecular formula is C18H16N2O3. The second-order valence-electron chi connectivity index (χ2n) is 5.52. The molecule has 2 aromatic carbocycles. The Morgan fingerprint density at radius 3 is 2.30 bits per heavy atom. The average molecular weight is 308 g/mol. The number of hydrogen-bond donors (Lipinski definition) is 1. The van der Waals surface area contributed by atoms with E-state index in [0.717, 1.165) is 24.0 Å². The number of benzene rings is 2. The molecule has 0 bridgehead atoms. The molecule has 2 aromatic rings. The number of rotatable bonds is 5. The monoisotopic (exact) mass is 308 g/mol. The first-order chi connectivity index (χ1) is 11.1. The fourth-order valence-electron chi connectivity index (χ4n) is 2.25. The van der Waals surface area contributed by atoms with E-state index in [4.69, 9.17) is 0 Å².